The van der Waals surface area contributed by atoms with E-state index in [4.69, 9.17) is 4.74 Å². The summed E-state index contributed by atoms with van der Waals surface area (Å²) in [4.78, 5) is 2.32. The summed E-state index contributed by atoms with van der Waals surface area (Å²) in [6, 6.07) is 0. The van der Waals surface area contributed by atoms with E-state index in [2.05, 4.69) is 10.8 Å². The van der Waals surface area contributed by atoms with Gasteiger partial charge in [0, 0.05) is 0 Å². The van der Waals surface area contributed by atoms with Gasteiger partial charge in [0.25, 0.3) is 0 Å². The molecule has 0 amide bonds. The molecule has 0 atom stereocenters. The van der Waals surface area contributed by atoms with Gasteiger partial charge in [-0.1, -0.05) is 0 Å². The van der Waals surface area contributed by atoms with Crippen LogP contribution in [0, 0.1) is 0 Å². The fourth-order valence-electron chi connectivity index (χ4n) is 0.387. The van der Waals surface area contributed by atoms with E-state index in [0.717, 1.165) is 28.2 Å². The summed E-state index contributed by atoms with van der Waals surface area (Å²) in [5.41, 5.74) is 0. The van der Waals surface area contributed by atoms with Gasteiger partial charge in [0.05, 0.1) is 0 Å². The first-order chi connectivity index (χ1) is 4.41. The minimum absolute atomic E-state index is 0.323. The quantitative estimate of drug-likeness (QED) is 0.532. The molecule has 0 spiro atoms. The van der Waals surface area contributed by atoms with E-state index >= 15 is 0 Å². The van der Waals surface area contributed by atoms with Crippen LogP contribution in [-0.4, -0.2) is 49.1 Å². The monoisotopic (exact) mass is 312 g/mol. The molecule has 1 nitrogen and oxygen atoms in total. The normalized spacial score (nSPS) is 10.0. The first-order valence-electron chi connectivity index (χ1n) is 2.97. The van der Waals surface area contributed by atoms with Crippen LogP contribution in [-0.2, 0) is 4.74 Å². The number of ether oxygens (including phenoxy) is 1. The van der Waals surface area contributed by atoms with E-state index in [1.165, 1.54) is 9.79 Å². The fraction of sp³-hybridized carbons (Fsp3) is 1.00. The van der Waals surface area contributed by atoms with Gasteiger partial charge in [-0.25, -0.2) is 0 Å². The van der Waals surface area contributed by atoms with Crippen molar-refractivity contribution in [2.24, 2.45) is 0 Å². The second-order valence-electron chi connectivity index (χ2n) is 1.60. The molecule has 0 aliphatic carbocycles. The zero-order valence-electron chi connectivity index (χ0n) is 6.05. The second kappa shape index (κ2) is 9.27. The molecule has 0 aromatic rings. The van der Waals surface area contributed by atoms with Crippen molar-refractivity contribution in [1.29, 1.82) is 0 Å². The van der Waals surface area contributed by atoms with Gasteiger partial charge in [0.15, 0.2) is 0 Å². The van der Waals surface area contributed by atoms with Gasteiger partial charge in [-0.2, -0.15) is 0 Å². The van der Waals surface area contributed by atoms with Crippen LogP contribution < -0.4 is 0 Å². The van der Waals surface area contributed by atoms with Crippen molar-refractivity contribution in [3.05, 3.63) is 0 Å². The van der Waals surface area contributed by atoms with Crippen molar-refractivity contribution >= 4 is 35.9 Å². The summed E-state index contributed by atoms with van der Waals surface area (Å²) in [5.74, 6) is 2.25. The maximum atomic E-state index is 5.36. The molecule has 0 aliphatic heterocycles. The van der Waals surface area contributed by atoms with Gasteiger partial charge in [-0.15, -0.1) is 0 Å². The summed E-state index contributed by atoms with van der Waals surface area (Å²) in [5, 5.41) is 1.29. The first-order valence-corrected chi connectivity index (χ1v) is 9.87. The molecule has 0 N–H and O–H groups in total. The van der Waals surface area contributed by atoms with Crippen LogP contribution >= 0.6 is 0 Å². The summed E-state index contributed by atoms with van der Waals surface area (Å²) >= 11 is 1.13. The third kappa shape index (κ3) is 9.27. The van der Waals surface area contributed by atoms with Crippen LogP contribution in [0.3, 0.4) is 0 Å². The van der Waals surface area contributed by atoms with Crippen molar-refractivity contribution in [3.63, 3.8) is 0 Å². The van der Waals surface area contributed by atoms with Gasteiger partial charge in [-0.3, -0.25) is 0 Å². The molecule has 0 bridgehead atoms. The van der Waals surface area contributed by atoms with Crippen molar-refractivity contribution in [2.75, 3.05) is 13.2 Å². The van der Waals surface area contributed by atoms with Gasteiger partial charge in [0.1, 0.15) is 0 Å². The van der Waals surface area contributed by atoms with E-state index < -0.39 is 0 Å². The molecular weight excluding hydrogens is 295 g/mol. The molecule has 0 radical (unpaired) electrons. The Kier molecular flexibility index (Phi) is 10.6. The Morgan fingerprint density at radius 2 is 2.22 bits per heavy atom. The molecule has 0 heterocycles. The fourth-order valence-corrected chi connectivity index (χ4v) is 1.80. The Bertz CT molecular complexity index is 46.3. The molecule has 0 aromatic heterocycles. The third-order valence-corrected chi connectivity index (χ3v) is 3.71. The Hall–Kier alpha value is 1.27. The van der Waals surface area contributed by atoms with Crippen molar-refractivity contribution < 1.29 is 4.74 Å². The molecule has 0 fully saturated rings. The molecule has 0 saturated heterocycles. The molecule has 0 aromatic carbocycles. The van der Waals surface area contributed by atoms with E-state index in [9.17, 15) is 0 Å². The van der Waals surface area contributed by atoms with Crippen LogP contribution in [0.25, 0.3) is 0 Å². The summed E-state index contributed by atoms with van der Waals surface area (Å²) in [6.45, 7) is 2.03. The molecule has 0 rings (SSSR count). The Labute approximate surface area is 74.2 Å². The Morgan fingerprint density at radius 1 is 1.44 bits per heavy atom. The van der Waals surface area contributed by atoms with E-state index in [1.54, 1.807) is 0 Å². The van der Waals surface area contributed by atoms with Crippen molar-refractivity contribution in [1.82, 2.24) is 0 Å². The average molecular weight is 309 g/mol. The molecule has 3 heteroatoms. The van der Waals surface area contributed by atoms with Gasteiger partial charge >= 0.3 is 74.4 Å². The van der Waals surface area contributed by atoms with Crippen LogP contribution in [0.5, 0.6) is 0 Å². The predicted octanol–water partition coefficient (Wildman–Crippen LogP) is 1.34. The van der Waals surface area contributed by atoms with Gasteiger partial charge in [-0.05, 0) is 0 Å². The topological polar surface area (TPSA) is 9.23 Å². The zero-order chi connectivity index (χ0) is 6.95. The van der Waals surface area contributed by atoms with E-state index in [0.29, 0.717) is 20.9 Å². The van der Waals surface area contributed by atoms with Crippen LogP contribution in [0.1, 0.15) is 0 Å². The van der Waals surface area contributed by atoms with Crippen LogP contribution in [0.15, 0.2) is 0 Å². The Morgan fingerprint density at radius 3 is 2.78 bits per heavy atom. The summed E-state index contributed by atoms with van der Waals surface area (Å²) < 4.78 is 6.71. The van der Waals surface area contributed by atoms with Crippen LogP contribution in [0.4, 0.5) is 0 Å². The number of rotatable bonds is 6. The van der Waals surface area contributed by atoms with Gasteiger partial charge < -0.3 is 0 Å². The molecule has 0 aliphatic rings. The van der Waals surface area contributed by atoms with E-state index in [1.807, 2.05) is 0 Å². The summed E-state index contributed by atoms with van der Waals surface area (Å²) in [6.07, 6.45) is 0. The molecular formula is C6H14OSeTe. The SMILES string of the molecule is C[Se]CCOCC[Te]C. The second-order valence-corrected chi connectivity index (χ2v) is 6.48. The van der Waals surface area contributed by atoms with Crippen molar-refractivity contribution in [2.45, 2.75) is 20.6 Å². The molecule has 0 saturated carbocycles. The predicted molar refractivity (Wildman–Crippen MR) is 43.7 cm³/mol. The summed E-state index contributed by atoms with van der Waals surface area (Å²) in [7, 11) is 0. The first kappa shape index (κ1) is 10.3. The van der Waals surface area contributed by atoms with E-state index in [-0.39, 0.29) is 0 Å². The average Bonchev–Trinajstić information content (AvgIpc) is 1.89. The number of hydrogen-bond donors (Lipinski definition) is 0. The number of hydrogen-bond acceptors (Lipinski definition) is 1. The standard InChI is InChI=1S/C6H14OSeTe/c1-8-5-3-7-4-6-9-2/h3-6H2,1-2H3. The zero-order valence-corrected chi connectivity index (χ0v) is 10.1. The molecule has 0 unspecified atom stereocenters. The Balaban J connectivity index is 2.60. The maximum absolute atomic E-state index is 5.36. The van der Waals surface area contributed by atoms with Gasteiger partial charge in [0.2, 0.25) is 0 Å². The van der Waals surface area contributed by atoms with Crippen LogP contribution in [0.2, 0.25) is 20.6 Å². The third-order valence-electron chi connectivity index (χ3n) is 0.864. The minimum atomic E-state index is 0.323. The molecule has 56 valence electrons. The molecule has 9 heavy (non-hydrogen) atoms. The van der Waals surface area contributed by atoms with Crippen molar-refractivity contribution in [3.8, 4) is 0 Å².